The van der Waals surface area contributed by atoms with E-state index < -0.39 is 17.8 Å². The molecule has 1 fully saturated rings. The lowest BCUT2D eigenvalue weighted by Crippen LogP contribution is -2.38. The van der Waals surface area contributed by atoms with E-state index in [1.54, 1.807) is 19.1 Å². The number of amidine groups is 1. The number of halogens is 1. The highest BCUT2D eigenvalue weighted by molar-refractivity contribution is 8.16. The molecule has 0 aliphatic carbocycles. The summed E-state index contributed by atoms with van der Waals surface area (Å²) >= 11 is 1.41. The number of nitrogens with zero attached hydrogens (tertiary/aromatic N) is 3. The third kappa shape index (κ3) is 4.89. The molecule has 0 radical (unpaired) electrons. The van der Waals surface area contributed by atoms with Crippen LogP contribution >= 0.6 is 11.8 Å². The first kappa shape index (κ1) is 23.4. The number of ether oxygens (including phenoxy) is 1. The van der Waals surface area contributed by atoms with Crippen LogP contribution in [0.25, 0.3) is 0 Å². The molecule has 1 atom stereocenters. The van der Waals surface area contributed by atoms with Crippen molar-refractivity contribution in [3.63, 3.8) is 0 Å². The maximum absolute atomic E-state index is 14.3. The van der Waals surface area contributed by atoms with Crippen molar-refractivity contribution in [2.45, 2.75) is 38.8 Å². The molecular formula is C27H26FN3O3S. The molecule has 2 aromatic carbocycles. The second-order valence-electron chi connectivity index (χ2n) is 8.77. The average Bonchev–Trinajstić information content (AvgIpc) is 3.53. The molecule has 6 nitrogen and oxygen atoms in total. The SMILES string of the molecule is CC1=C(C(=O)OCc2ccccc2)C(c2cccc(F)c2)N2C(CC(=O)N3CCCC3)=CSC2=N1. The maximum Gasteiger partial charge on any atom is 0.338 e. The zero-order valence-corrected chi connectivity index (χ0v) is 20.3. The fourth-order valence-corrected chi connectivity index (χ4v) is 5.62. The van der Waals surface area contributed by atoms with Crippen molar-refractivity contribution in [2.24, 2.45) is 4.99 Å². The largest absolute Gasteiger partial charge is 0.457 e. The van der Waals surface area contributed by atoms with E-state index in [0.29, 0.717) is 22.0 Å². The first-order chi connectivity index (χ1) is 17.0. The van der Waals surface area contributed by atoms with Gasteiger partial charge in [0.2, 0.25) is 5.91 Å². The number of amides is 1. The molecule has 8 heteroatoms. The van der Waals surface area contributed by atoms with Crippen LogP contribution in [0.2, 0.25) is 0 Å². The fraction of sp³-hybridized carbons (Fsp3) is 0.296. The quantitative estimate of drug-likeness (QED) is 0.523. The zero-order valence-electron chi connectivity index (χ0n) is 19.4. The Balaban J connectivity index is 1.47. The molecule has 3 aliphatic heterocycles. The number of fused-ring (bicyclic) bond motifs is 1. The van der Waals surface area contributed by atoms with E-state index in [9.17, 15) is 14.0 Å². The minimum atomic E-state index is -0.644. The number of aliphatic imine (C=N–C) groups is 1. The lowest BCUT2D eigenvalue weighted by molar-refractivity contribution is -0.141. The Bertz CT molecular complexity index is 1240. The van der Waals surface area contributed by atoms with E-state index in [0.717, 1.165) is 37.2 Å². The highest BCUT2D eigenvalue weighted by atomic mass is 32.2. The van der Waals surface area contributed by atoms with E-state index in [4.69, 9.17) is 4.74 Å². The Kier molecular flexibility index (Phi) is 6.72. The molecule has 180 valence electrons. The van der Waals surface area contributed by atoms with E-state index in [2.05, 4.69) is 4.99 Å². The molecule has 35 heavy (non-hydrogen) atoms. The van der Waals surface area contributed by atoms with Gasteiger partial charge in [0, 0.05) is 18.8 Å². The fourth-order valence-electron chi connectivity index (χ4n) is 4.66. The predicted molar refractivity (Wildman–Crippen MR) is 133 cm³/mol. The molecule has 0 spiro atoms. The van der Waals surface area contributed by atoms with Gasteiger partial charge < -0.3 is 14.5 Å². The summed E-state index contributed by atoms with van der Waals surface area (Å²) in [6, 6.07) is 15.0. The molecule has 2 aromatic rings. The van der Waals surface area contributed by atoms with Gasteiger partial charge in [0.05, 0.1) is 23.7 Å². The van der Waals surface area contributed by atoms with Crippen molar-refractivity contribution >= 4 is 28.8 Å². The molecular weight excluding hydrogens is 465 g/mol. The van der Waals surface area contributed by atoms with Gasteiger partial charge in [0.15, 0.2) is 5.17 Å². The van der Waals surface area contributed by atoms with Crippen LogP contribution in [-0.2, 0) is 20.9 Å². The van der Waals surface area contributed by atoms with Crippen molar-refractivity contribution in [3.8, 4) is 0 Å². The van der Waals surface area contributed by atoms with E-state index >= 15 is 0 Å². The molecule has 1 saturated heterocycles. The first-order valence-electron chi connectivity index (χ1n) is 11.7. The number of carbonyl (C=O) groups is 2. The summed E-state index contributed by atoms with van der Waals surface area (Å²) in [4.78, 5) is 34.8. The minimum absolute atomic E-state index is 0.0491. The first-order valence-corrected chi connectivity index (χ1v) is 12.6. The number of allylic oxidation sites excluding steroid dienone is 1. The summed E-state index contributed by atoms with van der Waals surface area (Å²) in [5.74, 6) is -0.856. The second-order valence-corrected chi connectivity index (χ2v) is 9.61. The molecule has 0 N–H and O–H groups in total. The molecule has 5 rings (SSSR count). The van der Waals surface area contributed by atoms with Crippen molar-refractivity contribution in [3.05, 3.63) is 93.9 Å². The molecule has 0 aromatic heterocycles. The smallest absolute Gasteiger partial charge is 0.338 e. The molecule has 0 saturated carbocycles. The summed E-state index contributed by atoms with van der Waals surface area (Å²) in [7, 11) is 0. The third-order valence-corrected chi connectivity index (χ3v) is 7.28. The number of likely N-dealkylation sites (tertiary alicyclic amines) is 1. The van der Waals surface area contributed by atoms with Gasteiger partial charge in [-0.2, -0.15) is 0 Å². The number of esters is 1. The Hall–Kier alpha value is -3.39. The molecule has 3 aliphatic rings. The molecule has 1 unspecified atom stereocenters. The molecule has 3 heterocycles. The number of thioether (sulfide) groups is 1. The van der Waals surface area contributed by atoms with Gasteiger partial charge in [0.25, 0.3) is 0 Å². The maximum atomic E-state index is 14.3. The summed E-state index contributed by atoms with van der Waals surface area (Å²) in [5.41, 5.74) is 3.09. The highest BCUT2D eigenvalue weighted by Crippen LogP contribution is 2.45. The lowest BCUT2D eigenvalue weighted by Gasteiger charge is -2.36. The second kappa shape index (κ2) is 10.1. The van der Waals surface area contributed by atoms with Gasteiger partial charge in [0.1, 0.15) is 12.4 Å². The Labute approximate surface area is 208 Å². The van der Waals surface area contributed by atoms with Gasteiger partial charge in [-0.05, 0) is 48.4 Å². The zero-order chi connectivity index (χ0) is 24.4. The Morgan fingerprint density at radius 1 is 1.11 bits per heavy atom. The van der Waals surface area contributed by atoms with Crippen molar-refractivity contribution in [2.75, 3.05) is 13.1 Å². The summed E-state index contributed by atoms with van der Waals surface area (Å²) in [6.45, 7) is 3.42. The van der Waals surface area contributed by atoms with Crippen LogP contribution in [0, 0.1) is 5.82 Å². The van der Waals surface area contributed by atoms with Gasteiger partial charge >= 0.3 is 5.97 Å². The summed E-state index contributed by atoms with van der Waals surface area (Å²) < 4.78 is 20.0. The van der Waals surface area contributed by atoms with Crippen molar-refractivity contribution < 1.29 is 18.7 Å². The average molecular weight is 492 g/mol. The predicted octanol–water partition coefficient (Wildman–Crippen LogP) is 5.16. The van der Waals surface area contributed by atoms with Crippen LogP contribution in [-0.4, -0.2) is 39.9 Å². The van der Waals surface area contributed by atoms with Crippen molar-refractivity contribution in [1.29, 1.82) is 0 Å². The van der Waals surface area contributed by atoms with Crippen LogP contribution in [0.15, 0.2) is 82.0 Å². The molecule has 0 bridgehead atoms. The summed E-state index contributed by atoms with van der Waals surface area (Å²) in [5, 5.41) is 2.57. The van der Waals surface area contributed by atoms with Gasteiger partial charge in [-0.3, -0.25) is 4.79 Å². The van der Waals surface area contributed by atoms with Crippen LogP contribution in [0.1, 0.15) is 43.4 Å². The minimum Gasteiger partial charge on any atom is -0.457 e. The van der Waals surface area contributed by atoms with Crippen LogP contribution in [0.5, 0.6) is 0 Å². The van der Waals surface area contributed by atoms with Crippen LogP contribution in [0.4, 0.5) is 4.39 Å². The van der Waals surface area contributed by atoms with E-state index in [1.807, 2.05) is 45.5 Å². The van der Waals surface area contributed by atoms with Crippen LogP contribution in [0.3, 0.4) is 0 Å². The number of hydrogen-bond donors (Lipinski definition) is 0. The standard InChI is InChI=1S/C27H26FN3O3S/c1-18-24(26(33)34-16-19-8-3-2-4-9-19)25(20-10-7-11-21(28)14-20)31-22(17-35-27(31)29-18)15-23(32)30-12-5-6-13-30/h2-4,7-11,14,17,25H,5-6,12-13,15-16H2,1H3. The lowest BCUT2D eigenvalue weighted by atomic mass is 9.93. The van der Waals surface area contributed by atoms with E-state index in [1.165, 1.54) is 23.9 Å². The highest BCUT2D eigenvalue weighted by Gasteiger charge is 2.41. The molecule has 1 amide bonds. The van der Waals surface area contributed by atoms with Gasteiger partial charge in [-0.1, -0.05) is 54.2 Å². The Morgan fingerprint density at radius 3 is 2.63 bits per heavy atom. The normalized spacial score (nSPS) is 19.4. The number of carbonyl (C=O) groups excluding carboxylic acids is 2. The van der Waals surface area contributed by atoms with Gasteiger partial charge in [-0.25, -0.2) is 14.2 Å². The number of rotatable bonds is 6. The third-order valence-electron chi connectivity index (χ3n) is 6.39. The number of benzene rings is 2. The monoisotopic (exact) mass is 491 g/mol. The van der Waals surface area contributed by atoms with Crippen molar-refractivity contribution in [1.82, 2.24) is 9.80 Å². The Morgan fingerprint density at radius 2 is 1.89 bits per heavy atom. The van der Waals surface area contributed by atoms with Crippen LogP contribution < -0.4 is 0 Å². The summed E-state index contributed by atoms with van der Waals surface area (Å²) in [6.07, 6.45) is 2.23. The van der Waals surface area contributed by atoms with Gasteiger partial charge in [-0.15, -0.1) is 0 Å². The number of hydrogen-bond acceptors (Lipinski definition) is 6. The topological polar surface area (TPSA) is 62.2 Å². The van der Waals surface area contributed by atoms with E-state index in [-0.39, 0.29) is 18.9 Å².